The van der Waals surface area contributed by atoms with E-state index < -0.39 is 10.2 Å². The van der Waals surface area contributed by atoms with Crippen molar-refractivity contribution in [1.82, 2.24) is 9.03 Å². The first-order valence-corrected chi connectivity index (χ1v) is 7.65. The van der Waals surface area contributed by atoms with E-state index in [2.05, 4.69) is 4.72 Å². The highest BCUT2D eigenvalue weighted by atomic mass is 32.2. The highest BCUT2D eigenvalue weighted by molar-refractivity contribution is 7.87. The van der Waals surface area contributed by atoms with Gasteiger partial charge in [-0.05, 0) is 38.0 Å². The summed E-state index contributed by atoms with van der Waals surface area (Å²) in [4.78, 5) is 0. The predicted molar refractivity (Wildman–Crippen MR) is 76.5 cm³/mol. The van der Waals surface area contributed by atoms with Gasteiger partial charge in [0.15, 0.2) is 0 Å². The van der Waals surface area contributed by atoms with Gasteiger partial charge in [-0.3, -0.25) is 0 Å². The molecule has 108 valence electrons. The maximum Gasteiger partial charge on any atom is 0.279 e. The van der Waals surface area contributed by atoms with Crippen molar-refractivity contribution >= 4 is 10.2 Å². The normalized spacial score (nSPS) is 12.1. The Morgan fingerprint density at radius 2 is 1.84 bits per heavy atom. The number of nitrogens with one attached hydrogen (secondary N) is 1. The first kappa shape index (κ1) is 15.9. The van der Waals surface area contributed by atoms with Gasteiger partial charge in [-0.2, -0.15) is 17.4 Å². The molecule has 0 aliphatic carbocycles. The maximum atomic E-state index is 11.9. The first-order chi connectivity index (χ1) is 8.85. The van der Waals surface area contributed by atoms with Crippen molar-refractivity contribution in [2.45, 2.75) is 26.3 Å². The van der Waals surface area contributed by atoms with Crippen molar-refractivity contribution in [2.75, 3.05) is 20.7 Å². The molecule has 1 rings (SSSR count). The summed E-state index contributed by atoms with van der Waals surface area (Å²) in [6.45, 7) is 4.04. The fourth-order valence-electron chi connectivity index (χ4n) is 1.59. The van der Waals surface area contributed by atoms with E-state index in [4.69, 9.17) is 4.74 Å². The van der Waals surface area contributed by atoms with Crippen molar-refractivity contribution in [3.8, 4) is 5.75 Å². The third kappa shape index (κ3) is 5.18. The molecule has 1 N–H and O–H groups in total. The van der Waals surface area contributed by atoms with E-state index in [1.54, 1.807) is 28.0 Å². The number of hydrogen-bond acceptors (Lipinski definition) is 3. The van der Waals surface area contributed by atoms with Crippen LogP contribution in [0.15, 0.2) is 24.3 Å². The van der Waals surface area contributed by atoms with Crippen LogP contribution in [0.1, 0.15) is 19.4 Å². The van der Waals surface area contributed by atoms with Gasteiger partial charge in [-0.15, -0.1) is 0 Å². The highest BCUT2D eigenvalue weighted by Crippen LogP contribution is 2.12. The lowest BCUT2D eigenvalue weighted by molar-refractivity contribution is 0.414. The molecule has 0 bridgehead atoms. The largest absolute Gasteiger partial charge is 0.497 e. The van der Waals surface area contributed by atoms with Crippen LogP contribution in [0.3, 0.4) is 0 Å². The molecular weight excluding hydrogens is 264 g/mol. The SMILES string of the molecule is COc1ccc(CCN(C)S(=O)(=O)NC(C)C)cc1. The van der Waals surface area contributed by atoms with E-state index in [-0.39, 0.29) is 6.04 Å². The Balaban J connectivity index is 2.55. The summed E-state index contributed by atoms with van der Waals surface area (Å²) in [5.41, 5.74) is 1.08. The number of likely N-dealkylation sites (N-methyl/N-ethyl adjacent to an activating group) is 1. The van der Waals surface area contributed by atoms with Gasteiger partial charge in [-0.25, -0.2) is 0 Å². The molecule has 0 unspecified atom stereocenters. The van der Waals surface area contributed by atoms with Gasteiger partial charge in [0.25, 0.3) is 10.2 Å². The Kier molecular flexibility index (Phi) is 5.78. The predicted octanol–water partition coefficient (Wildman–Crippen LogP) is 1.41. The molecular formula is C13H22N2O3S. The minimum Gasteiger partial charge on any atom is -0.497 e. The Bertz CT molecular complexity index is 483. The molecule has 6 heteroatoms. The molecule has 0 saturated carbocycles. The van der Waals surface area contributed by atoms with Gasteiger partial charge in [0.1, 0.15) is 5.75 Å². The average molecular weight is 286 g/mol. The second kappa shape index (κ2) is 6.88. The first-order valence-electron chi connectivity index (χ1n) is 6.21. The standard InChI is InChI=1S/C13H22N2O3S/c1-11(2)14-19(16,17)15(3)10-9-12-5-7-13(18-4)8-6-12/h5-8,11,14H,9-10H2,1-4H3. The number of rotatable bonds is 7. The molecule has 0 aliphatic heterocycles. The second-order valence-electron chi connectivity index (χ2n) is 4.70. The topological polar surface area (TPSA) is 58.6 Å². The van der Waals surface area contributed by atoms with E-state index in [1.165, 1.54) is 4.31 Å². The molecule has 0 radical (unpaired) electrons. The van der Waals surface area contributed by atoms with Crippen LogP contribution in [0.2, 0.25) is 0 Å². The fraction of sp³-hybridized carbons (Fsp3) is 0.538. The molecule has 1 aromatic carbocycles. The lowest BCUT2D eigenvalue weighted by Crippen LogP contribution is -2.42. The van der Waals surface area contributed by atoms with Crippen molar-refractivity contribution in [3.05, 3.63) is 29.8 Å². The van der Waals surface area contributed by atoms with Crippen LogP contribution in [0.5, 0.6) is 5.75 Å². The molecule has 0 spiro atoms. The molecule has 0 aromatic heterocycles. The van der Waals surface area contributed by atoms with Gasteiger partial charge >= 0.3 is 0 Å². The summed E-state index contributed by atoms with van der Waals surface area (Å²) in [7, 11) is -0.188. The van der Waals surface area contributed by atoms with Gasteiger partial charge in [-0.1, -0.05) is 12.1 Å². The minimum atomic E-state index is -3.38. The molecule has 5 nitrogen and oxygen atoms in total. The Labute approximate surface area is 115 Å². The summed E-state index contributed by atoms with van der Waals surface area (Å²) in [6, 6.07) is 7.52. The smallest absolute Gasteiger partial charge is 0.279 e. The van der Waals surface area contributed by atoms with Crippen molar-refractivity contribution < 1.29 is 13.2 Å². The summed E-state index contributed by atoms with van der Waals surface area (Å²) < 4.78 is 32.7. The zero-order chi connectivity index (χ0) is 14.5. The van der Waals surface area contributed by atoms with E-state index in [1.807, 2.05) is 24.3 Å². The van der Waals surface area contributed by atoms with E-state index in [9.17, 15) is 8.42 Å². The van der Waals surface area contributed by atoms with Crippen LogP contribution >= 0.6 is 0 Å². The molecule has 1 aromatic rings. The summed E-state index contributed by atoms with van der Waals surface area (Å²) in [5, 5.41) is 0. The minimum absolute atomic E-state index is 0.103. The molecule has 0 saturated heterocycles. The molecule has 0 fully saturated rings. The Morgan fingerprint density at radius 3 is 2.32 bits per heavy atom. The van der Waals surface area contributed by atoms with Crippen LogP contribution < -0.4 is 9.46 Å². The maximum absolute atomic E-state index is 11.9. The molecule has 19 heavy (non-hydrogen) atoms. The fourth-order valence-corrected chi connectivity index (χ4v) is 2.69. The average Bonchev–Trinajstić information content (AvgIpc) is 2.35. The van der Waals surface area contributed by atoms with Crippen LogP contribution in [0, 0.1) is 0 Å². The van der Waals surface area contributed by atoms with E-state index >= 15 is 0 Å². The monoisotopic (exact) mass is 286 g/mol. The number of nitrogens with zero attached hydrogens (tertiary/aromatic N) is 1. The molecule has 0 amide bonds. The second-order valence-corrected chi connectivity index (χ2v) is 6.51. The van der Waals surface area contributed by atoms with Crippen LogP contribution in [-0.2, 0) is 16.6 Å². The Morgan fingerprint density at radius 1 is 1.26 bits per heavy atom. The number of methoxy groups -OCH3 is 1. The van der Waals surface area contributed by atoms with Crippen molar-refractivity contribution in [2.24, 2.45) is 0 Å². The van der Waals surface area contributed by atoms with Crippen molar-refractivity contribution in [1.29, 1.82) is 0 Å². The number of ether oxygens (including phenoxy) is 1. The van der Waals surface area contributed by atoms with Crippen LogP contribution in [-0.4, -0.2) is 39.5 Å². The highest BCUT2D eigenvalue weighted by Gasteiger charge is 2.17. The Hall–Kier alpha value is -1.11. The molecule has 0 aliphatic rings. The molecule has 0 heterocycles. The zero-order valence-corrected chi connectivity index (χ0v) is 12.7. The summed E-state index contributed by atoms with van der Waals surface area (Å²) in [6.07, 6.45) is 0.666. The third-order valence-corrected chi connectivity index (χ3v) is 4.44. The van der Waals surface area contributed by atoms with Gasteiger partial charge in [0.2, 0.25) is 0 Å². The third-order valence-electron chi connectivity index (χ3n) is 2.67. The van der Waals surface area contributed by atoms with Gasteiger partial charge < -0.3 is 4.74 Å². The lowest BCUT2D eigenvalue weighted by Gasteiger charge is -2.19. The van der Waals surface area contributed by atoms with E-state index in [0.29, 0.717) is 13.0 Å². The van der Waals surface area contributed by atoms with E-state index in [0.717, 1.165) is 11.3 Å². The van der Waals surface area contributed by atoms with Gasteiger partial charge in [0.05, 0.1) is 7.11 Å². The molecule has 0 atom stereocenters. The summed E-state index contributed by atoms with van der Waals surface area (Å²) >= 11 is 0. The number of hydrogen-bond donors (Lipinski definition) is 1. The lowest BCUT2D eigenvalue weighted by atomic mass is 10.1. The van der Waals surface area contributed by atoms with Crippen molar-refractivity contribution in [3.63, 3.8) is 0 Å². The number of benzene rings is 1. The zero-order valence-electron chi connectivity index (χ0n) is 11.9. The van der Waals surface area contributed by atoms with Crippen LogP contribution in [0.4, 0.5) is 0 Å². The van der Waals surface area contributed by atoms with Crippen LogP contribution in [0.25, 0.3) is 0 Å². The summed E-state index contributed by atoms with van der Waals surface area (Å²) in [5.74, 6) is 0.797. The quantitative estimate of drug-likeness (QED) is 0.824. The van der Waals surface area contributed by atoms with Gasteiger partial charge in [0, 0.05) is 19.6 Å².